The summed E-state index contributed by atoms with van der Waals surface area (Å²) in [5.74, 6) is -0.268. The van der Waals surface area contributed by atoms with E-state index >= 15 is 0 Å². The lowest BCUT2D eigenvalue weighted by molar-refractivity contribution is 0.0492. The van der Waals surface area contributed by atoms with Crippen LogP contribution in [-0.2, 0) is 4.74 Å². The summed E-state index contributed by atoms with van der Waals surface area (Å²) in [7, 11) is 0. The van der Waals surface area contributed by atoms with Crippen LogP contribution >= 0.6 is 15.9 Å². The van der Waals surface area contributed by atoms with E-state index in [1.165, 1.54) is 12.1 Å². The highest BCUT2D eigenvalue weighted by Gasteiger charge is 2.25. The molecular formula is C17H24BrFN2O2. The molecule has 2 unspecified atom stereocenters. The van der Waals surface area contributed by atoms with Crippen LogP contribution in [0.15, 0.2) is 22.7 Å². The molecule has 2 atom stereocenters. The highest BCUT2D eigenvalue weighted by Crippen LogP contribution is 2.28. The van der Waals surface area contributed by atoms with Crippen molar-refractivity contribution >= 4 is 27.7 Å². The van der Waals surface area contributed by atoms with E-state index in [1.54, 1.807) is 6.07 Å². The summed E-state index contributed by atoms with van der Waals surface area (Å²) in [5, 5.41) is 6.36. The number of benzene rings is 1. The van der Waals surface area contributed by atoms with Gasteiger partial charge < -0.3 is 15.4 Å². The van der Waals surface area contributed by atoms with Crippen LogP contribution in [0.5, 0.6) is 0 Å². The Morgan fingerprint density at radius 3 is 2.65 bits per heavy atom. The largest absolute Gasteiger partial charge is 0.444 e. The summed E-state index contributed by atoms with van der Waals surface area (Å²) in [5.41, 5.74) is 0.379. The first-order chi connectivity index (χ1) is 10.7. The Morgan fingerprint density at radius 2 is 2.00 bits per heavy atom. The van der Waals surface area contributed by atoms with E-state index in [0.717, 1.165) is 31.4 Å². The molecule has 0 aliphatic heterocycles. The summed E-state index contributed by atoms with van der Waals surface area (Å²) in [6.45, 7) is 5.55. The Hall–Kier alpha value is -1.30. The smallest absolute Gasteiger partial charge is 0.407 e. The van der Waals surface area contributed by atoms with Crippen molar-refractivity contribution < 1.29 is 13.9 Å². The molecule has 1 aliphatic rings. The SMILES string of the molecule is CC(C)(C)OC(=O)NC1CCCC(Nc2ccc(F)cc2Br)C1. The molecule has 0 aromatic heterocycles. The third-order valence-corrected chi connectivity index (χ3v) is 4.34. The van der Waals surface area contributed by atoms with Gasteiger partial charge in [0.2, 0.25) is 0 Å². The minimum Gasteiger partial charge on any atom is -0.444 e. The van der Waals surface area contributed by atoms with E-state index in [0.29, 0.717) is 4.47 Å². The molecule has 0 spiro atoms. The minimum absolute atomic E-state index is 0.0929. The number of halogens is 2. The molecule has 1 saturated carbocycles. The Labute approximate surface area is 145 Å². The fraction of sp³-hybridized carbons (Fsp3) is 0.588. The van der Waals surface area contributed by atoms with E-state index in [-0.39, 0.29) is 24.0 Å². The Morgan fingerprint density at radius 1 is 1.30 bits per heavy atom. The van der Waals surface area contributed by atoms with Crippen LogP contribution in [0.3, 0.4) is 0 Å². The molecule has 1 fully saturated rings. The fourth-order valence-corrected chi connectivity index (χ4v) is 3.22. The molecule has 0 heterocycles. The third-order valence-electron chi connectivity index (χ3n) is 3.69. The maximum atomic E-state index is 13.1. The van der Waals surface area contributed by atoms with E-state index in [4.69, 9.17) is 4.74 Å². The first kappa shape index (κ1) is 18.0. The molecule has 1 aromatic carbocycles. The lowest BCUT2D eigenvalue weighted by Crippen LogP contribution is -2.43. The van der Waals surface area contributed by atoms with Gasteiger partial charge in [-0.25, -0.2) is 9.18 Å². The quantitative estimate of drug-likeness (QED) is 0.781. The average Bonchev–Trinajstić information content (AvgIpc) is 2.40. The number of carbonyl (C=O) groups is 1. The second-order valence-corrected chi connectivity index (χ2v) is 7.83. The van der Waals surface area contributed by atoms with E-state index in [9.17, 15) is 9.18 Å². The molecule has 6 heteroatoms. The lowest BCUT2D eigenvalue weighted by atomic mass is 9.91. The predicted octanol–water partition coefficient (Wildman–Crippen LogP) is 4.84. The van der Waals surface area contributed by atoms with Crippen LogP contribution in [0, 0.1) is 5.82 Å². The van der Waals surface area contributed by atoms with Gasteiger partial charge in [-0.05, 0) is 80.6 Å². The minimum atomic E-state index is -0.491. The van der Waals surface area contributed by atoms with Crippen molar-refractivity contribution in [1.29, 1.82) is 0 Å². The lowest BCUT2D eigenvalue weighted by Gasteiger charge is -2.32. The number of rotatable bonds is 3. The van der Waals surface area contributed by atoms with Crippen molar-refractivity contribution in [3.05, 3.63) is 28.5 Å². The highest BCUT2D eigenvalue weighted by molar-refractivity contribution is 9.10. The molecule has 2 N–H and O–H groups in total. The Kier molecular flexibility index (Phi) is 5.89. The van der Waals surface area contributed by atoms with Crippen LogP contribution in [0.2, 0.25) is 0 Å². The van der Waals surface area contributed by atoms with Gasteiger partial charge in [0.15, 0.2) is 0 Å². The van der Waals surface area contributed by atoms with Gasteiger partial charge in [0.05, 0.1) is 0 Å². The van der Waals surface area contributed by atoms with Gasteiger partial charge in [0.1, 0.15) is 11.4 Å². The van der Waals surface area contributed by atoms with E-state index in [1.807, 2.05) is 20.8 Å². The zero-order chi connectivity index (χ0) is 17.0. The van der Waals surface area contributed by atoms with Crippen molar-refractivity contribution in [2.75, 3.05) is 5.32 Å². The van der Waals surface area contributed by atoms with Crippen molar-refractivity contribution in [1.82, 2.24) is 5.32 Å². The standard InChI is InChI=1S/C17H24BrFN2O2/c1-17(2,3)23-16(22)21-13-6-4-5-12(10-13)20-15-8-7-11(19)9-14(15)18/h7-9,12-13,20H,4-6,10H2,1-3H3,(H,21,22). The number of amides is 1. The molecule has 128 valence electrons. The third kappa shape index (κ3) is 6.01. The van der Waals surface area contributed by atoms with Crippen molar-refractivity contribution in [3.8, 4) is 0 Å². The molecule has 2 rings (SSSR count). The summed E-state index contributed by atoms with van der Waals surface area (Å²) in [4.78, 5) is 11.9. The Balaban J connectivity index is 1.89. The van der Waals surface area contributed by atoms with Gasteiger partial charge in [0.25, 0.3) is 0 Å². The summed E-state index contributed by atoms with van der Waals surface area (Å²) < 4.78 is 19.2. The van der Waals surface area contributed by atoms with E-state index in [2.05, 4.69) is 26.6 Å². The molecule has 1 aliphatic carbocycles. The van der Waals surface area contributed by atoms with Crippen molar-refractivity contribution in [2.24, 2.45) is 0 Å². The maximum absolute atomic E-state index is 13.1. The van der Waals surface area contributed by atoms with Crippen LogP contribution in [0.4, 0.5) is 14.9 Å². The number of hydrogen-bond donors (Lipinski definition) is 2. The Bertz CT molecular complexity index is 560. The van der Waals surface area contributed by atoms with Gasteiger partial charge in [-0.2, -0.15) is 0 Å². The monoisotopic (exact) mass is 386 g/mol. The molecule has 0 saturated heterocycles. The highest BCUT2D eigenvalue weighted by atomic mass is 79.9. The second kappa shape index (κ2) is 7.51. The van der Waals surface area contributed by atoms with Crippen LogP contribution in [0.1, 0.15) is 46.5 Å². The van der Waals surface area contributed by atoms with Crippen molar-refractivity contribution in [3.63, 3.8) is 0 Å². The predicted molar refractivity (Wildman–Crippen MR) is 93.1 cm³/mol. The van der Waals surface area contributed by atoms with Crippen molar-refractivity contribution in [2.45, 2.75) is 64.1 Å². The first-order valence-corrected chi connectivity index (χ1v) is 8.73. The zero-order valence-electron chi connectivity index (χ0n) is 13.8. The molecule has 1 amide bonds. The maximum Gasteiger partial charge on any atom is 0.407 e. The molecule has 0 bridgehead atoms. The molecule has 0 radical (unpaired) electrons. The van der Waals surface area contributed by atoms with Gasteiger partial charge >= 0.3 is 6.09 Å². The fourth-order valence-electron chi connectivity index (χ4n) is 2.75. The number of carbonyl (C=O) groups excluding carboxylic acids is 1. The van der Waals surface area contributed by atoms with Crippen LogP contribution in [-0.4, -0.2) is 23.8 Å². The molecule has 4 nitrogen and oxygen atoms in total. The number of anilines is 1. The topological polar surface area (TPSA) is 50.4 Å². The molecule has 23 heavy (non-hydrogen) atoms. The number of hydrogen-bond acceptors (Lipinski definition) is 3. The number of nitrogens with one attached hydrogen (secondary N) is 2. The van der Waals surface area contributed by atoms with Crippen LogP contribution in [0.25, 0.3) is 0 Å². The van der Waals surface area contributed by atoms with Gasteiger partial charge in [0, 0.05) is 22.2 Å². The first-order valence-electron chi connectivity index (χ1n) is 7.94. The number of ether oxygens (including phenoxy) is 1. The van der Waals surface area contributed by atoms with E-state index < -0.39 is 5.60 Å². The summed E-state index contributed by atoms with van der Waals surface area (Å²) >= 11 is 3.37. The van der Waals surface area contributed by atoms with Gasteiger partial charge in [-0.3, -0.25) is 0 Å². The normalized spacial score (nSPS) is 21.6. The number of alkyl carbamates (subject to hydrolysis) is 1. The second-order valence-electron chi connectivity index (χ2n) is 6.98. The zero-order valence-corrected chi connectivity index (χ0v) is 15.4. The van der Waals surface area contributed by atoms with Crippen LogP contribution < -0.4 is 10.6 Å². The average molecular weight is 387 g/mol. The molecule has 1 aromatic rings. The summed E-state index contributed by atoms with van der Waals surface area (Å²) in [6.07, 6.45) is 3.45. The van der Waals surface area contributed by atoms with Gasteiger partial charge in [-0.15, -0.1) is 0 Å². The van der Waals surface area contributed by atoms with Gasteiger partial charge in [-0.1, -0.05) is 0 Å². The molecular weight excluding hydrogens is 363 g/mol. The summed E-state index contributed by atoms with van der Waals surface area (Å²) in [6, 6.07) is 4.94.